The summed E-state index contributed by atoms with van der Waals surface area (Å²) in [4.78, 5) is 14.5. The van der Waals surface area contributed by atoms with E-state index in [0.717, 1.165) is 22.5 Å². The second-order valence-electron chi connectivity index (χ2n) is 3.41. The monoisotopic (exact) mass is 173 g/mol. The summed E-state index contributed by atoms with van der Waals surface area (Å²) in [5, 5.41) is 0. The lowest BCUT2D eigenvalue weighted by molar-refractivity contribution is -0.109. The van der Waals surface area contributed by atoms with Gasteiger partial charge in [0, 0.05) is 16.8 Å². The highest BCUT2D eigenvalue weighted by atomic mass is 16.1. The van der Waals surface area contributed by atoms with Gasteiger partial charge in [-0.1, -0.05) is 6.58 Å². The van der Waals surface area contributed by atoms with Crippen LogP contribution in [0.3, 0.4) is 0 Å². The molecule has 1 aromatic rings. The third-order valence-electron chi connectivity index (χ3n) is 2.32. The van der Waals surface area contributed by atoms with E-state index >= 15 is 0 Å². The second kappa shape index (κ2) is 2.46. The van der Waals surface area contributed by atoms with Crippen LogP contribution in [-0.4, -0.2) is 10.8 Å². The predicted octanol–water partition coefficient (Wildman–Crippen LogP) is 2.32. The first kappa shape index (κ1) is 8.05. The quantitative estimate of drug-likeness (QED) is 0.600. The molecule has 0 bridgehead atoms. The van der Waals surface area contributed by atoms with Gasteiger partial charge in [0.1, 0.15) is 0 Å². The molecule has 0 aliphatic heterocycles. The van der Waals surface area contributed by atoms with Crippen molar-refractivity contribution >= 4 is 16.9 Å². The van der Waals surface area contributed by atoms with Crippen LogP contribution in [0.1, 0.15) is 23.9 Å². The summed E-state index contributed by atoms with van der Waals surface area (Å²) in [7, 11) is 0. The van der Waals surface area contributed by atoms with Crippen LogP contribution in [0.4, 0.5) is 0 Å². The maximum Gasteiger partial charge on any atom is 0.187 e. The molecule has 0 amide bonds. The van der Waals surface area contributed by atoms with Gasteiger partial charge in [-0.2, -0.15) is 0 Å². The van der Waals surface area contributed by atoms with Crippen molar-refractivity contribution in [1.82, 2.24) is 4.98 Å². The zero-order valence-corrected chi connectivity index (χ0v) is 7.77. The number of aryl methyl sites for hydroxylation is 1. The molecule has 1 heterocycles. The smallest absolute Gasteiger partial charge is 0.187 e. The maximum absolute atomic E-state index is 11.4. The number of ketones is 1. The van der Waals surface area contributed by atoms with E-state index in [0.29, 0.717) is 5.57 Å². The summed E-state index contributed by atoms with van der Waals surface area (Å²) in [5.74, 6) is 0.00634. The van der Waals surface area contributed by atoms with Crippen molar-refractivity contribution in [2.24, 2.45) is 0 Å². The maximum atomic E-state index is 11.4. The van der Waals surface area contributed by atoms with Crippen molar-refractivity contribution in [3.63, 3.8) is 0 Å². The molecule has 0 spiro atoms. The zero-order chi connectivity index (χ0) is 9.59. The van der Waals surface area contributed by atoms with Crippen LogP contribution in [-0.2, 0) is 4.79 Å². The number of carbonyl (C=O) groups is 1. The van der Waals surface area contributed by atoms with Gasteiger partial charge >= 0.3 is 0 Å². The van der Waals surface area contributed by atoms with E-state index in [1.165, 1.54) is 0 Å². The fraction of sp³-hybridized carbons (Fsp3) is 0.182. The molecule has 0 atom stereocenters. The van der Waals surface area contributed by atoms with Crippen molar-refractivity contribution in [2.75, 3.05) is 0 Å². The van der Waals surface area contributed by atoms with Crippen molar-refractivity contribution in [2.45, 2.75) is 13.8 Å². The van der Waals surface area contributed by atoms with Gasteiger partial charge in [-0.05, 0) is 31.6 Å². The Labute approximate surface area is 77.0 Å². The van der Waals surface area contributed by atoms with E-state index in [4.69, 9.17) is 0 Å². The van der Waals surface area contributed by atoms with E-state index in [9.17, 15) is 4.79 Å². The molecule has 66 valence electrons. The second-order valence-corrected chi connectivity index (χ2v) is 3.41. The highest BCUT2D eigenvalue weighted by Crippen LogP contribution is 2.30. The number of rotatable bonds is 0. The fourth-order valence-corrected chi connectivity index (χ4v) is 1.62. The summed E-state index contributed by atoms with van der Waals surface area (Å²) in [6.07, 6.45) is 1.64. The van der Waals surface area contributed by atoms with E-state index < -0.39 is 0 Å². The SMILES string of the molecule is C=C1C(=O)C=C(C)c2cc(C)[nH]c21. The molecule has 1 aliphatic carbocycles. The van der Waals surface area contributed by atoms with Gasteiger partial charge in [0.2, 0.25) is 0 Å². The topological polar surface area (TPSA) is 32.9 Å². The number of nitrogens with one attached hydrogen (secondary N) is 1. The van der Waals surface area contributed by atoms with E-state index in [2.05, 4.69) is 11.6 Å². The average molecular weight is 173 g/mol. The van der Waals surface area contributed by atoms with E-state index in [1.54, 1.807) is 6.08 Å². The van der Waals surface area contributed by atoms with Crippen molar-refractivity contribution < 1.29 is 4.79 Å². The highest BCUT2D eigenvalue weighted by molar-refractivity contribution is 6.29. The van der Waals surface area contributed by atoms with E-state index in [-0.39, 0.29) is 5.78 Å². The van der Waals surface area contributed by atoms with Gasteiger partial charge in [0.15, 0.2) is 5.78 Å². The van der Waals surface area contributed by atoms with Crippen LogP contribution >= 0.6 is 0 Å². The number of H-pyrrole nitrogens is 1. The van der Waals surface area contributed by atoms with Gasteiger partial charge < -0.3 is 4.98 Å². The fourth-order valence-electron chi connectivity index (χ4n) is 1.62. The first-order valence-electron chi connectivity index (χ1n) is 4.21. The normalized spacial score (nSPS) is 15.7. The lowest BCUT2D eigenvalue weighted by Crippen LogP contribution is -2.05. The molecular formula is C11H11NO. The third kappa shape index (κ3) is 1.06. The number of hydrogen-bond acceptors (Lipinski definition) is 1. The molecule has 0 aromatic carbocycles. The number of hydrogen-bond donors (Lipinski definition) is 1. The molecular weight excluding hydrogens is 162 g/mol. The predicted molar refractivity (Wildman–Crippen MR) is 53.2 cm³/mol. The zero-order valence-electron chi connectivity index (χ0n) is 7.77. The van der Waals surface area contributed by atoms with Crippen LogP contribution in [0.2, 0.25) is 0 Å². The first-order chi connectivity index (χ1) is 6.09. The number of carbonyl (C=O) groups excluding carboxylic acids is 1. The highest BCUT2D eigenvalue weighted by Gasteiger charge is 2.20. The molecule has 1 N–H and O–H groups in total. The molecule has 0 fully saturated rings. The summed E-state index contributed by atoms with van der Waals surface area (Å²) in [6, 6.07) is 2.04. The summed E-state index contributed by atoms with van der Waals surface area (Å²) in [5.41, 5.74) is 4.61. The Bertz CT molecular complexity index is 435. The van der Waals surface area contributed by atoms with Gasteiger partial charge in [0.25, 0.3) is 0 Å². The lowest BCUT2D eigenvalue weighted by atomic mass is 9.94. The van der Waals surface area contributed by atoms with Gasteiger partial charge in [-0.3, -0.25) is 4.79 Å². The summed E-state index contributed by atoms with van der Waals surface area (Å²) < 4.78 is 0. The summed E-state index contributed by atoms with van der Waals surface area (Å²) in [6.45, 7) is 7.68. The van der Waals surface area contributed by atoms with Gasteiger partial charge in [-0.25, -0.2) is 0 Å². The minimum Gasteiger partial charge on any atom is -0.358 e. The molecule has 2 nitrogen and oxygen atoms in total. The minimum absolute atomic E-state index is 0.00634. The Kier molecular flexibility index (Phi) is 1.52. The first-order valence-corrected chi connectivity index (χ1v) is 4.21. The molecule has 0 unspecified atom stereocenters. The van der Waals surface area contributed by atoms with E-state index in [1.807, 2.05) is 19.9 Å². The molecule has 0 saturated carbocycles. The Morgan fingerprint density at radius 2 is 2.08 bits per heavy atom. The molecule has 1 aliphatic rings. The number of fused-ring (bicyclic) bond motifs is 1. The molecule has 1 aromatic heterocycles. The Morgan fingerprint density at radius 1 is 1.38 bits per heavy atom. The Morgan fingerprint density at radius 3 is 2.77 bits per heavy atom. The van der Waals surface area contributed by atoms with Crippen LogP contribution in [0.15, 0.2) is 18.7 Å². The lowest BCUT2D eigenvalue weighted by Gasteiger charge is -2.10. The largest absolute Gasteiger partial charge is 0.358 e. The van der Waals surface area contributed by atoms with Gasteiger partial charge in [0.05, 0.1) is 5.69 Å². The Hall–Kier alpha value is -1.57. The summed E-state index contributed by atoms with van der Waals surface area (Å²) >= 11 is 0. The molecule has 0 saturated heterocycles. The molecule has 13 heavy (non-hydrogen) atoms. The average Bonchev–Trinajstić information content (AvgIpc) is 2.44. The van der Waals surface area contributed by atoms with Crippen LogP contribution < -0.4 is 0 Å². The minimum atomic E-state index is 0.00634. The van der Waals surface area contributed by atoms with Crippen molar-refractivity contribution in [3.05, 3.63) is 35.7 Å². The van der Waals surface area contributed by atoms with Gasteiger partial charge in [-0.15, -0.1) is 0 Å². The van der Waals surface area contributed by atoms with Crippen LogP contribution in [0.25, 0.3) is 11.1 Å². The molecule has 2 rings (SSSR count). The number of aromatic nitrogens is 1. The van der Waals surface area contributed by atoms with Crippen LogP contribution in [0, 0.1) is 6.92 Å². The molecule has 2 heteroatoms. The third-order valence-corrected chi connectivity index (χ3v) is 2.32. The van der Waals surface area contributed by atoms with Crippen LogP contribution in [0.5, 0.6) is 0 Å². The Balaban J connectivity index is 2.70. The number of aromatic amines is 1. The van der Waals surface area contributed by atoms with Crippen molar-refractivity contribution in [1.29, 1.82) is 0 Å². The molecule has 0 radical (unpaired) electrons. The van der Waals surface area contributed by atoms with Crippen molar-refractivity contribution in [3.8, 4) is 0 Å². The number of allylic oxidation sites excluding steroid dienone is 3. The standard InChI is InChI=1S/C11H11NO/c1-6-4-10(13)8(3)11-9(6)5-7(2)12-11/h4-5,12H,3H2,1-2H3.